The van der Waals surface area contributed by atoms with Crippen LogP contribution in [0.5, 0.6) is 5.75 Å². The molecule has 0 saturated carbocycles. The Hall–Kier alpha value is -2.87. The molecule has 0 amide bonds. The van der Waals surface area contributed by atoms with Gasteiger partial charge < -0.3 is 15.0 Å². The number of hydrogen-bond donors (Lipinski definition) is 2. The molecule has 33 heavy (non-hydrogen) atoms. The van der Waals surface area contributed by atoms with Gasteiger partial charge in [0.1, 0.15) is 23.4 Å². The van der Waals surface area contributed by atoms with Crippen molar-refractivity contribution in [2.45, 2.75) is 31.5 Å². The van der Waals surface area contributed by atoms with Crippen LogP contribution in [-0.4, -0.2) is 45.3 Å². The van der Waals surface area contributed by atoms with Gasteiger partial charge in [0.25, 0.3) is 0 Å². The van der Waals surface area contributed by atoms with Crippen LogP contribution in [-0.2, 0) is 0 Å². The number of fused-ring (bicyclic) bond motifs is 3. The molecule has 3 aliphatic heterocycles. The molecule has 3 fully saturated rings. The van der Waals surface area contributed by atoms with Crippen LogP contribution in [0, 0.1) is 0 Å². The third kappa shape index (κ3) is 3.80. The van der Waals surface area contributed by atoms with E-state index in [1.54, 1.807) is 12.4 Å². The van der Waals surface area contributed by atoms with E-state index in [4.69, 9.17) is 32.9 Å². The highest BCUT2D eigenvalue weighted by Gasteiger charge is 2.36. The summed E-state index contributed by atoms with van der Waals surface area (Å²) >= 11 is 12.6. The predicted molar refractivity (Wildman–Crippen MR) is 130 cm³/mol. The maximum atomic E-state index is 6.30. The maximum absolute atomic E-state index is 6.30. The molecule has 1 aromatic carbocycles. The molecule has 3 saturated heterocycles. The van der Waals surface area contributed by atoms with E-state index < -0.39 is 0 Å². The van der Waals surface area contributed by atoms with Crippen LogP contribution in [0.25, 0.3) is 22.2 Å². The number of aromatic amines is 1. The number of rotatable bonds is 5. The van der Waals surface area contributed by atoms with E-state index in [-0.39, 0.29) is 6.10 Å². The second-order valence-electron chi connectivity index (χ2n) is 8.66. The Morgan fingerprint density at radius 3 is 2.52 bits per heavy atom. The summed E-state index contributed by atoms with van der Waals surface area (Å²) < 4.78 is 6.18. The average Bonchev–Trinajstić information content (AvgIpc) is 3.22. The van der Waals surface area contributed by atoms with Crippen LogP contribution in [0.4, 0.5) is 5.82 Å². The summed E-state index contributed by atoms with van der Waals surface area (Å²) in [6.45, 7) is 3.94. The van der Waals surface area contributed by atoms with Crippen molar-refractivity contribution in [3.63, 3.8) is 0 Å². The minimum absolute atomic E-state index is 0.341. The first-order chi connectivity index (χ1) is 16.0. The molecule has 0 spiro atoms. The van der Waals surface area contributed by atoms with E-state index in [0.717, 1.165) is 41.1 Å². The van der Waals surface area contributed by atoms with E-state index >= 15 is 0 Å². The summed E-state index contributed by atoms with van der Waals surface area (Å²) in [5.74, 6) is 1.71. The summed E-state index contributed by atoms with van der Waals surface area (Å²) in [5.41, 5.74) is 3.43. The van der Waals surface area contributed by atoms with Crippen molar-refractivity contribution in [3.05, 3.63) is 64.5 Å². The number of halogens is 2. The van der Waals surface area contributed by atoms with Crippen LogP contribution >= 0.6 is 23.2 Å². The van der Waals surface area contributed by atoms with E-state index in [1.807, 2.05) is 31.3 Å². The number of pyridine rings is 2. The highest BCUT2D eigenvalue weighted by atomic mass is 35.5. The fraction of sp³-hybridized carbons (Fsp3) is 0.292. The zero-order chi connectivity index (χ0) is 22.5. The van der Waals surface area contributed by atoms with Crippen molar-refractivity contribution >= 4 is 39.9 Å². The van der Waals surface area contributed by atoms with Gasteiger partial charge >= 0.3 is 0 Å². The summed E-state index contributed by atoms with van der Waals surface area (Å²) in [7, 11) is 0. The van der Waals surface area contributed by atoms with Gasteiger partial charge in [-0.3, -0.25) is 10.1 Å². The zero-order valence-electron chi connectivity index (χ0n) is 17.9. The van der Waals surface area contributed by atoms with Crippen LogP contribution in [0.2, 0.25) is 10.0 Å². The van der Waals surface area contributed by atoms with Crippen molar-refractivity contribution in [1.82, 2.24) is 25.5 Å². The molecular weight excluding hydrogens is 459 g/mol. The highest BCUT2D eigenvalue weighted by molar-refractivity contribution is 6.35. The smallest absolute Gasteiger partial charge is 0.128 e. The van der Waals surface area contributed by atoms with E-state index in [9.17, 15) is 0 Å². The van der Waals surface area contributed by atoms with Gasteiger partial charge in [0.15, 0.2) is 0 Å². The normalized spacial score (nSPS) is 20.5. The summed E-state index contributed by atoms with van der Waals surface area (Å²) in [4.78, 5) is 11.1. The third-order valence-corrected chi connectivity index (χ3v) is 7.01. The highest BCUT2D eigenvalue weighted by Crippen LogP contribution is 2.35. The Kier molecular flexibility index (Phi) is 5.13. The number of piperidine rings is 1. The summed E-state index contributed by atoms with van der Waals surface area (Å²) in [6.07, 6.45) is 5.97. The number of piperazine rings is 1. The number of H-pyrrole nitrogens is 1. The van der Waals surface area contributed by atoms with Crippen molar-refractivity contribution in [1.29, 1.82) is 0 Å². The van der Waals surface area contributed by atoms with Crippen LogP contribution in [0.3, 0.4) is 0 Å². The molecule has 3 aromatic heterocycles. The lowest BCUT2D eigenvalue weighted by Crippen LogP contribution is -2.67. The Labute approximate surface area is 201 Å². The lowest BCUT2D eigenvalue weighted by atomic mass is 9.91. The van der Waals surface area contributed by atoms with Gasteiger partial charge in [-0.15, -0.1) is 0 Å². The number of aromatic nitrogens is 4. The van der Waals surface area contributed by atoms with Gasteiger partial charge in [0.05, 0.1) is 15.6 Å². The Balaban J connectivity index is 1.26. The monoisotopic (exact) mass is 480 g/mol. The Morgan fingerprint density at radius 2 is 1.82 bits per heavy atom. The molecule has 7 nitrogen and oxygen atoms in total. The Bertz CT molecular complexity index is 1290. The van der Waals surface area contributed by atoms with Gasteiger partial charge in [0.2, 0.25) is 0 Å². The summed E-state index contributed by atoms with van der Waals surface area (Å²) in [6, 6.07) is 11.2. The predicted octanol–water partition coefficient (Wildman–Crippen LogP) is 5.02. The zero-order valence-corrected chi connectivity index (χ0v) is 19.4. The fourth-order valence-electron chi connectivity index (χ4n) is 4.77. The molecule has 2 bridgehead atoms. The lowest BCUT2D eigenvalue weighted by Gasteiger charge is -2.48. The number of anilines is 1. The quantitative estimate of drug-likeness (QED) is 0.417. The second kappa shape index (κ2) is 8.17. The Morgan fingerprint density at radius 1 is 1.06 bits per heavy atom. The number of nitrogens with one attached hydrogen (secondary N) is 2. The molecular formula is C24H22Cl2N6O. The molecule has 9 heteroatoms. The first-order valence-corrected chi connectivity index (χ1v) is 11.7. The van der Waals surface area contributed by atoms with E-state index in [1.165, 1.54) is 6.42 Å². The minimum atomic E-state index is -0.341. The van der Waals surface area contributed by atoms with Crippen LogP contribution in [0.15, 0.2) is 48.9 Å². The van der Waals surface area contributed by atoms with Gasteiger partial charge in [-0.2, -0.15) is 5.10 Å². The lowest BCUT2D eigenvalue weighted by molar-refractivity contribution is 0.225. The van der Waals surface area contributed by atoms with Gasteiger partial charge in [-0.1, -0.05) is 23.2 Å². The van der Waals surface area contributed by atoms with Crippen molar-refractivity contribution in [3.8, 4) is 17.0 Å². The largest absolute Gasteiger partial charge is 0.486 e. The molecule has 3 unspecified atom stereocenters. The van der Waals surface area contributed by atoms with Crippen molar-refractivity contribution in [2.24, 2.45) is 0 Å². The number of benzene rings is 1. The van der Waals surface area contributed by atoms with Crippen LogP contribution < -0.4 is 15.0 Å². The first kappa shape index (κ1) is 20.7. The van der Waals surface area contributed by atoms with E-state index in [0.29, 0.717) is 33.4 Å². The molecule has 168 valence electrons. The van der Waals surface area contributed by atoms with E-state index in [2.05, 4.69) is 37.5 Å². The first-order valence-electron chi connectivity index (χ1n) is 11.0. The molecule has 6 heterocycles. The molecule has 0 radical (unpaired) electrons. The molecule has 3 atom stereocenters. The molecule has 0 aliphatic carbocycles. The van der Waals surface area contributed by atoms with Gasteiger partial charge in [-0.25, -0.2) is 4.98 Å². The fourth-order valence-corrected chi connectivity index (χ4v) is 5.44. The third-order valence-electron chi connectivity index (χ3n) is 6.41. The van der Waals surface area contributed by atoms with Gasteiger partial charge in [-0.05, 0) is 43.7 Å². The molecule has 7 rings (SSSR count). The standard InChI is InChI=1S/C24H22Cl2N6O/c1-13(23-19(25)9-27-10-20(23)26)33-17-3-4-21-18(7-17)24(31-30-21)14-2-5-22(28-8-14)32-11-15-6-16(12-32)29-15/h2-5,7-10,13,15-16,29H,6,11-12H2,1H3,(H,30,31). The number of hydrogen-bond acceptors (Lipinski definition) is 6. The topological polar surface area (TPSA) is 79.0 Å². The minimum Gasteiger partial charge on any atom is -0.486 e. The van der Waals surface area contributed by atoms with Gasteiger partial charge in [0, 0.05) is 60.3 Å². The average molecular weight is 481 g/mol. The number of ether oxygens (including phenoxy) is 1. The summed E-state index contributed by atoms with van der Waals surface area (Å²) in [5, 5.41) is 13.1. The second-order valence-corrected chi connectivity index (χ2v) is 9.48. The SMILES string of the molecule is CC(Oc1ccc2[nH]nc(-c3ccc(N4CC5CC(C4)N5)nc3)c2c1)c1c(Cl)cncc1Cl. The number of nitrogens with zero attached hydrogens (tertiary/aromatic N) is 4. The van der Waals surface area contributed by atoms with Crippen molar-refractivity contribution < 1.29 is 4.74 Å². The molecule has 2 N–H and O–H groups in total. The van der Waals surface area contributed by atoms with Crippen molar-refractivity contribution in [2.75, 3.05) is 18.0 Å². The molecule has 4 aromatic rings. The maximum Gasteiger partial charge on any atom is 0.128 e. The molecule has 3 aliphatic rings. The van der Waals surface area contributed by atoms with Crippen LogP contribution in [0.1, 0.15) is 25.0 Å².